The first-order valence-corrected chi connectivity index (χ1v) is 9.32. The minimum atomic E-state index is 0.553. The smallest absolute Gasteiger partial charge is 0.191 e. The first-order valence-electron chi connectivity index (χ1n) is 9.32. The van der Waals surface area contributed by atoms with Gasteiger partial charge in [-0.15, -0.1) is 0 Å². The van der Waals surface area contributed by atoms with Gasteiger partial charge in [-0.2, -0.15) is 0 Å². The molecule has 0 spiro atoms. The average Bonchev–Trinajstić information content (AvgIpc) is 2.95. The summed E-state index contributed by atoms with van der Waals surface area (Å²) in [5, 5.41) is 6.63. The molecule has 0 radical (unpaired) electrons. The molecule has 144 valence electrons. The highest BCUT2D eigenvalue weighted by molar-refractivity contribution is 5.79. The second-order valence-electron chi connectivity index (χ2n) is 6.19. The van der Waals surface area contributed by atoms with Crippen LogP contribution in [-0.2, 0) is 13.1 Å². The number of nitrogens with zero attached hydrogens (tertiary/aromatic N) is 1. The van der Waals surface area contributed by atoms with Crippen LogP contribution in [0.1, 0.15) is 24.5 Å². The van der Waals surface area contributed by atoms with Gasteiger partial charge in [0.2, 0.25) is 0 Å². The van der Waals surface area contributed by atoms with E-state index in [-0.39, 0.29) is 0 Å². The lowest BCUT2D eigenvalue weighted by Gasteiger charge is -2.14. The molecule has 0 aliphatic carbocycles. The van der Waals surface area contributed by atoms with Crippen molar-refractivity contribution in [2.75, 3.05) is 26.9 Å². The molecule has 3 rings (SSSR count). The van der Waals surface area contributed by atoms with Crippen LogP contribution >= 0.6 is 0 Å². The zero-order chi connectivity index (χ0) is 18.9. The molecule has 2 aromatic carbocycles. The maximum absolute atomic E-state index is 5.76. The van der Waals surface area contributed by atoms with Crippen LogP contribution in [-0.4, -0.2) is 32.8 Å². The highest BCUT2D eigenvalue weighted by Gasteiger charge is 2.10. The van der Waals surface area contributed by atoms with Gasteiger partial charge in [0.1, 0.15) is 5.75 Å². The number of nitrogens with one attached hydrogen (secondary N) is 2. The van der Waals surface area contributed by atoms with Crippen molar-refractivity contribution in [2.24, 2.45) is 4.99 Å². The zero-order valence-corrected chi connectivity index (χ0v) is 16.0. The summed E-state index contributed by atoms with van der Waals surface area (Å²) in [6.45, 7) is 5.41. The van der Waals surface area contributed by atoms with E-state index < -0.39 is 0 Å². The molecule has 6 heteroatoms. The van der Waals surface area contributed by atoms with Crippen LogP contribution in [0.5, 0.6) is 17.2 Å². The van der Waals surface area contributed by atoms with Crippen molar-refractivity contribution < 1.29 is 14.2 Å². The Morgan fingerprint density at radius 2 is 1.89 bits per heavy atom. The summed E-state index contributed by atoms with van der Waals surface area (Å²) in [5.74, 6) is 3.23. The molecule has 1 aliphatic heterocycles. The molecule has 0 saturated heterocycles. The Labute approximate surface area is 160 Å². The van der Waals surface area contributed by atoms with Crippen LogP contribution in [0.25, 0.3) is 0 Å². The van der Waals surface area contributed by atoms with Crippen molar-refractivity contribution in [2.45, 2.75) is 26.4 Å². The van der Waals surface area contributed by atoms with Crippen molar-refractivity contribution in [3.8, 4) is 17.2 Å². The zero-order valence-electron chi connectivity index (χ0n) is 16.0. The Morgan fingerprint density at radius 1 is 1.07 bits per heavy atom. The van der Waals surface area contributed by atoms with Crippen molar-refractivity contribution in [3.05, 3.63) is 53.6 Å². The van der Waals surface area contributed by atoms with E-state index in [1.807, 2.05) is 49.4 Å². The molecule has 2 N–H and O–H groups in total. The van der Waals surface area contributed by atoms with Gasteiger partial charge in [-0.05, 0) is 30.7 Å². The van der Waals surface area contributed by atoms with Crippen molar-refractivity contribution in [3.63, 3.8) is 0 Å². The monoisotopic (exact) mass is 369 g/mol. The quantitative estimate of drug-likeness (QED) is 0.605. The molecule has 1 aliphatic rings. The third-order valence-electron chi connectivity index (χ3n) is 4.21. The van der Waals surface area contributed by atoms with Crippen molar-refractivity contribution >= 4 is 5.96 Å². The Bertz CT molecular complexity index is 777. The van der Waals surface area contributed by atoms with Gasteiger partial charge in [0.15, 0.2) is 17.5 Å². The van der Waals surface area contributed by atoms with Gasteiger partial charge in [0.25, 0.3) is 0 Å². The molecule has 0 unspecified atom stereocenters. The number of para-hydroxylation sites is 1. The maximum Gasteiger partial charge on any atom is 0.191 e. The van der Waals surface area contributed by atoms with Crippen LogP contribution in [0.15, 0.2) is 47.5 Å². The lowest BCUT2D eigenvalue weighted by Crippen LogP contribution is -2.36. The molecule has 0 atom stereocenters. The highest BCUT2D eigenvalue weighted by atomic mass is 16.5. The lowest BCUT2D eigenvalue weighted by molar-refractivity contribution is 0.297. The molecule has 2 aromatic rings. The van der Waals surface area contributed by atoms with E-state index in [2.05, 4.69) is 15.6 Å². The summed E-state index contributed by atoms with van der Waals surface area (Å²) in [6, 6.07) is 14.0. The number of guanidine groups is 1. The summed E-state index contributed by atoms with van der Waals surface area (Å²) < 4.78 is 16.8. The molecule has 0 bridgehead atoms. The Kier molecular flexibility index (Phi) is 6.79. The Morgan fingerprint density at radius 3 is 2.70 bits per heavy atom. The molecule has 0 amide bonds. The number of hydrogen-bond donors (Lipinski definition) is 2. The average molecular weight is 369 g/mol. The fourth-order valence-corrected chi connectivity index (χ4v) is 2.85. The molecule has 0 fully saturated rings. The summed E-state index contributed by atoms with van der Waals surface area (Å²) in [6.07, 6.45) is 0.902. The van der Waals surface area contributed by atoms with E-state index >= 15 is 0 Å². The summed E-state index contributed by atoms with van der Waals surface area (Å²) >= 11 is 0. The maximum atomic E-state index is 5.76. The minimum Gasteiger partial charge on any atom is -0.496 e. The predicted molar refractivity (Wildman–Crippen MR) is 107 cm³/mol. The van der Waals surface area contributed by atoms with Crippen LogP contribution < -0.4 is 24.8 Å². The molecule has 6 nitrogen and oxygen atoms in total. The van der Waals surface area contributed by atoms with Gasteiger partial charge in [0.05, 0.1) is 26.9 Å². The highest BCUT2D eigenvalue weighted by Crippen LogP contribution is 2.30. The molecule has 1 heterocycles. The third-order valence-corrected chi connectivity index (χ3v) is 4.21. The third kappa shape index (κ3) is 5.29. The second-order valence-corrected chi connectivity index (χ2v) is 6.19. The van der Waals surface area contributed by atoms with Gasteiger partial charge in [-0.1, -0.05) is 24.3 Å². The van der Waals surface area contributed by atoms with Crippen molar-refractivity contribution in [1.29, 1.82) is 0 Å². The van der Waals surface area contributed by atoms with Gasteiger partial charge in [-0.3, -0.25) is 0 Å². The molecular weight excluding hydrogens is 342 g/mol. The summed E-state index contributed by atoms with van der Waals surface area (Å²) in [5.41, 5.74) is 2.16. The SMILES string of the molecule is CCNC(=NCc1ccc2c(c1)OCCCO2)NCc1ccccc1OC. The van der Waals surface area contributed by atoms with Gasteiger partial charge in [0, 0.05) is 25.1 Å². The molecular formula is C21H27N3O3. The van der Waals surface area contributed by atoms with Crippen LogP contribution in [0.4, 0.5) is 0 Å². The molecule has 0 aromatic heterocycles. The number of methoxy groups -OCH3 is 1. The molecule has 0 saturated carbocycles. The number of benzene rings is 2. The van der Waals surface area contributed by atoms with Crippen molar-refractivity contribution in [1.82, 2.24) is 10.6 Å². The van der Waals surface area contributed by atoms with E-state index in [0.717, 1.165) is 47.3 Å². The Balaban J connectivity index is 1.66. The van der Waals surface area contributed by atoms with Crippen LogP contribution in [0.2, 0.25) is 0 Å². The summed E-state index contributed by atoms with van der Waals surface area (Å²) in [4.78, 5) is 4.68. The fourth-order valence-electron chi connectivity index (χ4n) is 2.85. The number of fused-ring (bicyclic) bond motifs is 1. The number of rotatable bonds is 6. The van der Waals surface area contributed by atoms with E-state index in [1.54, 1.807) is 7.11 Å². The number of hydrogen-bond acceptors (Lipinski definition) is 4. The second kappa shape index (κ2) is 9.71. The first-order chi connectivity index (χ1) is 13.3. The van der Waals surface area contributed by atoms with E-state index in [1.165, 1.54) is 0 Å². The van der Waals surface area contributed by atoms with Gasteiger partial charge < -0.3 is 24.8 Å². The normalized spacial score (nSPS) is 13.6. The standard InChI is InChI=1S/C21H27N3O3/c1-3-22-21(24-15-17-7-4-5-8-18(17)25-2)23-14-16-9-10-19-20(13-16)27-12-6-11-26-19/h4-5,7-10,13H,3,6,11-12,14-15H2,1-2H3,(H2,22,23,24). The summed E-state index contributed by atoms with van der Waals surface area (Å²) in [7, 11) is 1.68. The number of ether oxygens (including phenoxy) is 3. The van der Waals surface area contributed by atoms with Gasteiger partial charge >= 0.3 is 0 Å². The lowest BCUT2D eigenvalue weighted by atomic mass is 10.2. The fraction of sp³-hybridized carbons (Fsp3) is 0.381. The van der Waals surface area contributed by atoms with E-state index in [9.17, 15) is 0 Å². The Hall–Kier alpha value is -2.89. The first kappa shape index (κ1) is 18.9. The van der Waals surface area contributed by atoms with Crippen LogP contribution in [0.3, 0.4) is 0 Å². The predicted octanol–water partition coefficient (Wildman–Crippen LogP) is 3.11. The minimum absolute atomic E-state index is 0.553. The van der Waals surface area contributed by atoms with Gasteiger partial charge in [-0.25, -0.2) is 4.99 Å². The number of aliphatic imine (C=N–C) groups is 1. The molecule has 27 heavy (non-hydrogen) atoms. The topological polar surface area (TPSA) is 64.1 Å². The largest absolute Gasteiger partial charge is 0.496 e. The van der Waals surface area contributed by atoms with E-state index in [4.69, 9.17) is 14.2 Å². The van der Waals surface area contributed by atoms with E-state index in [0.29, 0.717) is 26.3 Å². The van der Waals surface area contributed by atoms with Crippen LogP contribution in [0, 0.1) is 0 Å².